The molecule has 0 spiro atoms. The molecule has 0 saturated heterocycles. The van der Waals surface area contributed by atoms with E-state index in [0.717, 1.165) is 30.5 Å². The first-order valence-electron chi connectivity index (χ1n) is 8.96. The zero-order valence-electron chi connectivity index (χ0n) is 15.3. The van der Waals surface area contributed by atoms with Crippen LogP contribution in [0.15, 0.2) is 47.4 Å². The number of nitrogens with one attached hydrogen (secondary N) is 2. The molecular weight excluding hydrogens is 367 g/mol. The van der Waals surface area contributed by atoms with Gasteiger partial charge < -0.3 is 5.32 Å². The van der Waals surface area contributed by atoms with Crippen molar-refractivity contribution >= 4 is 15.9 Å². The highest BCUT2D eigenvalue weighted by Crippen LogP contribution is 2.31. The largest absolute Gasteiger partial charge is 0.345 e. The number of carbonyl (C=O) groups excluding carboxylic acids is 1. The monoisotopic (exact) mass is 390 g/mol. The zero-order valence-corrected chi connectivity index (χ0v) is 16.1. The number of sulfonamides is 1. The number of benzene rings is 2. The molecule has 0 heterocycles. The Kier molecular flexibility index (Phi) is 5.62. The van der Waals surface area contributed by atoms with E-state index in [1.807, 2.05) is 38.1 Å². The Balaban J connectivity index is 1.81. The molecule has 1 atom stereocenters. The molecular formula is C20H23FN2O3S. The molecule has 0 aliphatic heterocycles. The summed E-state index contributed by atoms with van der Waals surface area (Å²) in [5.74, 6) is -1.22. The fraction of sp³-hybridized carbons (Fsp3) is 0.350. The second-order valence-electron chi connectivity index (χ2n) is 7.15. The Morgan fingerprint density at radius 3 is 2.70 bits per heavy atom. The third kappa shape index (κ3) is 4.36. The van der Waals surface area contributed by atoms with Gasteiger partial charge >= 0.3 is 0 Å². The van der Waals surface area contributed by atoms with Gasteiger partial charge in [0.2, 0.25) is 10.0 Å². The Labute approximate surface area is 159 Å². The number of halogens is 1. The van der Waals surface area contributed by atoms with E-state index in [2.05, 4.69) is 10.0 Å². The minimum Gasteiger partial charge on any atom is -0.345 e. The summed E-state index contributed by atoms with van der Waals surface area (Å²) in [6.45, 7) is 3.89. The maximum atomic E-state index is 14.1. The highest BCUT2D eigenvalue weighted by atomic mass is 32.2. The van der Waals surface area contributed by atoms with Crippen molar-refractivity contribution in [1.82, 2.24) is 10.0 Å². The van der Waals surface area contributed by atoms with Crippen LogP contribution in [0.25, 0.3) is 0 Å². The molecule has 1 aliphatic carbocycles. The van der Waals surface area contributed by atoms with Gasteiger partial charge in [-0.15, -0.1) is 0 Å². The number of aryl methyl sites for hydroxylation is 1. The van der Waals surface area contributed by atoms with Gasteiger partial charge in [0, 0.05) is 12.1 Å². The van der Waals surface area contributed by atoms with Crippen LogP contribution in [0.1, 0.15) is 47.8 Å². The van der Waals surface area contributed by atoms with Crippen LogP contribution >= 0.6 is 0 Å². The molecule has 2 aromatic rings. The van der Waals surface area contributed by atoms with E-state index < -0.39 is 26.6 Å². The van der Waals surface area contributed by atoms with Crippen LogP contribution in [0, 0.1) is 11.7 Å². The standard InChI is InChI=1S/C20H23FN2O3S/c1-13(2)12-22-27(25,26)19-11-15(7-9-17(19)21)20(24)23-18-10-8-14-5-3-4-6-16(14)18/h3-7,9,11,13,18,22H,8,10,12H2,1-2H3,(H,23,24). The molecule has 2 N–H and O–H groups in total. The normalized spacial score (nSPS) is 16.4. The summed E-state index contributed by atoms with van der Waals surface area (Å²) in [4.78, 5) is 12.1. The van der Waals surface area contributed by atoms with Crippen LogP contribution in [-0.4, -0.2) is 20.9 Å². The summed E-state index contributed by atoms with van der Waals surface area (Å²) in [5, 5.41) is 2.92. The molecule has 1 aliphatic rings. The Hall–Kier alpha value is -2.25. The Morgan fingerprint density at radius 2 is 1.96 bits per heavy atom. The van der Waals surface area contributed by atoms with Crippen molar-refractivity contribution in [2.75, 3.05) is 6.54 Å². The molecule has 1 amide bonds. The lowest BCUT2D eigenvalue weighted by Crippen LogP contribution is -2.30. The lowest BCUT2D eigenvalue weighted by Gasteiger charge is -2.15. The highest BCUT2D eigenvalue weighted by Gasteiger charge is 2.25. The van der Waals surface area contributed by atoms with Gasteiger partial charge in [0.15, 0.2) is 0 Å². The number of carbonyl (C=O) groups is 1. The van der Waals surface area contributed by atoms with Gasteiger partial charge in [0.1, 0.15) is 10.7 Å². The second-order valence-corrected chi connectivity index (χ2v) is 8.89. The summed E-state index contributed by atoms with van der Waals surface area (Å²) in [5.41, 5.74) is 2.38. The molecule has 27 heavy (non-hydrogen) atoms. The maximum Gasteiger partial charge on any atom is 0.251 e. The number of amides is 1. The third-order valence-electron chi connectivity index (χ3n) is 4.60. The van der Waals surface area contributed by atoms with E-state index in [-0.39, 0.29) is 24.1 Å². The van der Waals surface area contributed by atoms with E-state index in [9.17, 15) is 17.6 Å². The molecule has 144 valence electrons. The molecule has 2 aromatic carbocycles. The quantitative estimate of drug-likeness (QED) is 0.795. The topological polar surface area (TPSA) is 75.3 Å². The lowest BCUT2D eigenvalue weighted by molar-refractivity contribution is 0.0936. The first-order chi connectivity index (χ1) is 12.8. The maximum absolute atomic E-state index is 14.1. The summed E-state index contributed by atoms with van der Waals surface area (Å²) < 4.78 is 41.2. The second kappa shape index (κ2) is 7.78. The van der Waals surface area contributed by atoms with E-state index in [0.29, 0.717) is 0 Å². The van der Waals surface area contributed by atoms with Crippen molar-refractivity contribution in [3.8, 4) is 0 Å². The van der Waals surface area contributed by atoms with Gasteiger partial charge in [-0.2, -0.15) is 0 Å². The fourth-order valence-electron chi connectivity index (χ4n) is 3.15. The van der Waals surface area contributed by atoms with Crippen LogP contribution in [-0.2, 0) is 16.4 Å². The smallest absolute Gasteiger partial charge is 0.251 e. The van der Waals surface area contributed by atoms with Crippen LogP contribution in [0.4, 0.5) is 4.39 Å². The van der Waals surface area contributed by atoms with E-state index in [1.54, 1.807) is 0 Å². The van der Waals surface area contributed by atoms with Gasteiger partial charge in [-0.25, -0.2) is 17.5 Å². The predicted molar refractivity (Wildman–Crippen MR) is 101 cm³/mol. The molecule has 0 fully saturated rings. The van der Waals surface area contributed by atoms with Crippen molar-refractivity contribution in [2.45, 2.75) is 37.6 Å². The van der Waals surface area contributed by atoms with E-state index in [1.165, 1.54) is 11.6 Å². The number of fused-ring (bicyclic) bond motifs is 1. The molecule has 0 bridgehead atoms. The van der Waals surface area contributed by atoms with Gasteiger partial charge in [-0.3, -0.25) is 4.79 Å². The average Bonchev–Trinajstić information content (AvgIpc) is 3.03. The minimum absolute atomic E-state index is 0.0803. The predicted octanol–water partition coefficient (Wildman–Crippen LogP) is 3.18. The number of hydrogen-bond donors (Lipinski definition) is 2. The highest BCUT2D eigenvalue weighted by molar-refractivity contribution is 7.89. The van der Waals surface area contributed by atoms with Crippen LogP contribution in [0.5, 0.6) is 0 Å². The van der Waals surface area contributed by atoms with Crippen LogP contribution < -0.4 is 10.0 Å². The molecule has 5 nitrogen and oxygen atoms in total. The van der Waals surface area contributed by atoms with Gasteiger partial charge in [-0.05, 0) is 48.1 Å². The molecule has 0 radical (unpaired) electrons. The van der Waals surface area contributed by atoms with E-state index in [4.69, 9.17) is 0 Å². The fourth-order valence-corrected chi connectivity index (χ4v) is 4.47. The number of rotatable bonds is 6. The summed E-state index contributed by atoms with van der Waals surface area (Å²) in [6, 6.07) is 11.2. The summed E-state index contributed by atoms with van der Waals surface area (Å²) in [7, 11) is -4.02. The number of hydrogen-bond acceptors (Lipinski definition) is 3. The van der Waals surface area contributed by atoms with Crippen molar-refractivity contribution < 1.29 is 17.6 Å². The van der Waals surface area contributed by atoms with Crippen LogP contribution in [0.2, 0.25) is 0 Å². The van der Waals surface area contributed by atoms with Crippen molar-refractivity contribution in [2.24, 2.45) is 5.92 Å². The Bertz CT molecular complexity index is 957. The lowest BCUT2D eigenvalue weighted by atomic mass is 10.1. The summed E-state index contributed by atoms with van der Waals surface area (Å²) in [6.07, 6.45) is 1.66. The Morgan fingerprint density at radius 1 is 1.22 bits per heavy atom. The third-order valence-corrected chi connectivity index (χ3v) is 6.04. The molecule has 1 unspecified atom stereocenters. The molecule has 0 saturated carbocycles. The zero-order chi connectivity index (χ0) is 19.6. The molecule has 0 aromatic heterocycles. The molecule has 7 heteroatoms. The van der Waals surface area contributed by atoms with Crippen molar-refractivity contribution in [3.05, 3.63) is 65.0 Å². The minimum atomic E-state index is -4.02. The van der Waals surface area contributed by atoms with E-state index >= 15 is 0 Å². The average molecular weight is 390 g/mol. The molecule has 3 rings (SSSR count). The SMILES string of the molecule is CC(C)CNS(=O)(=O)c1cc(C(=O)NC2CCc3ccccc32)ccc1F. The van der Waals surface area contributed by atoms with Gasteiger partial charge in [0.25, 0.3) is 5.91 Å². The first kappa shape index (κ1) is 19.5. The van der Waals surface area contributed by atoms with Gasteiger partial charge in [-0.1, -0.05) is 38.1 Å². The van der Waals surface area contributed by atoms with Crippen molar-refractivity contribution in [3.63, 3.8) is 0 Å². The van der Waals surface area contributed by atoms with Crippen molar-refractivity contribution in [1.29, 1.82) is 0 Å². The first-order valence-corrected chi connectivity index (χ1v) is 10.4. The summed E-state index contributed by atoms with van der Waals surface area (Å²) >= 11 is 0. The van der Waals surface area contributed by atoms with Gasteiger partial charge in [0.05, 0.1) is 6.04 Å². The van der Waals surface area contributed by atoms with Crippen LogP contribution in [0.3, 0.4) is 0 Å².